The van der Waals surface area contributed by atoms with E-state index >= 15 is 0 Å². The maximum absolute atomic E-state index is 12.0. The monoisotopic (exact) mass is 305 g/mol. The molecule has 0 aliphatic heterocycles. The van der Waals surface area contributed by atoms with Crippen LogP contribution < -0.4 is 16.4 Å². The van der Waals surface area contributed by atoms with E-state index in [2.05, 4.69) is 10.6 Å². The SMILES string of the molecule is CC(C)[C@H](NC(=O)[C@H](C)NC(=O)Cc1ccccc1)C(N)=O. The summed E-state index contributed by atoms with van der Waals surface area (Å²) in [5.74, 6) is -1.40. The van der Waals surface area contributed by atoms with Crippen molar-refractivity contribution in [3.8, 4) is 0 Å². The Bertz CT molecular complexity index is 529. The molecule has 0 heterocycles. The molecule has 1 aromatic carbocycles. The Labute approximate surface area is 130 Å². The lowest BCUT2D eigenvalue weighted by Crippen LogP contribution is -2.53. The first kappa shape index (κ1) is 17.7. The number of primary amides is 1. The van der Waals surface area contributed by atoms with E-state index in [0.717, 1.165) is 5.56 Å². The molecule has 0 spiro atoms. The fraction of sp³-hybridized carbons (Fsp3) is 0.438. The predicted octanol–water partition coefficient (Wildman–Crippen LogP) is 0.360. The van der Waals surface area contributed by atoms with Crippen LogP contribution in [-0.2, 0) is 20.8 Å². The Balaban J connectivity index is 2.53. The number of carbonyl (C=O) groups excluding carboxylic acids is 3. The summed E-state index contributed by atoms with van der Waals surface area (Å²) in [6, 6.07) is 7.75. The number of nitrogens with one attached hydrogen (secondary N) is 2. The quantitative estimate of drug-likeness (QED) is 0.678. The Morgan fingerprint density at radius 3 is 2.14 bits per heavy atom. The zero-order chi connectivity index (χ0) is 16.7. The maximum Gasteiger partial charge on any atom is 0.242 e. The molecule has 0 aromatic heterocycles. The van der Waals surface area contributed by atoms with Crippen molar-refractivity contribution in [2.45, 2.75) is 39.3 Å². The highest BCUT2D eigenvalue weighted by Crippen LogP contribution is 2.02. The highest BCUT2D eigenvalue weighted by Gasteiger charge is 2.24. The third kappa shape index (κ3) is 5.55. The van der Waals surface area contributed by atoms with Gasteiger partial charge in [0.05, 0.1) is 6.42 Å². The van der Waals surface area contributed by atoms with Crippen molar-refractivity contribution in [3.05, 3.63) is 35.9 Å². The zero-order valence-electron chi connectivity index (χ0n) is 13.1. The average molecular weight is 305 g/mol. The Morgan fingerprint density at radius 2 is 1.64 bits per heavy atom. The van der Waals surface area contributed by atoms with Crippen LogP contribution in [0.4, 0.5) is 0 Å². The first-order chi connectivity index (χ1) is 10.3. The molecule has 0 unspecified atom stereocenters. The van der Waals surface area contributed by atoms with Crippen molar-refractivity contribution < 1.29 is 14.4 Å². The second-order valence-corrected chi connectivity index (χ2v) is 5.58. The van der Waals surface area contributed by atoms with E-state index < -0.39 is 23.9 Å². The van der Waals surface area contributed by atoms with Crippen molar-refractivity contribution in [1.29, 1.82) is 0 Å². The largest absolute Gasteiger partial charge is 0.368 e. The number of rotatable bonds is 7. The molecule has 0 fully saturated rings. The minimum Gasteiger partial charge on any atom is -0.368 e. The van der Waals surface area contributed by atoms with E-state index in [4.69, 9.17) is 5.73 Å². The lowest BCUT2D eigenvalue weighted by atomic mass is 10.0. The average Bonchev–Trinajstić information content (AvgIpc) is 2.44. The summed E-state index contributed by atoms with van der Waals surface area (Å²) in [5.41, 5.74) is 6.11. The van der Waals surface area contributed by atoms with Gasteiger partial charge in [0.1, 0.15) is 12.1 Å². The molecular weight excluding hydrogens is 282 g/mol. The highest BCUT2D eigenvalue weighted by molar-refractivity contribution is 5.91. The van der Waals surface area contributed by atoms with Crippen LogP contribution in [0.15, 0.2) is 30.3 Å². The van der Waals surface area contributed by atoms with E-state index in [1.165, 1.54) is 0 Å². The fourth-order valence-electron chi connectivity index (χ4n) is 1.98. The van der Waals surface area contributed by atoms with Crippen LogP contribution in [0.5, 0.6) is 0 Å². The van der Waals surface area contributed by atoms with Gasteiger partial charge in [-0.1, -0.05) is 44.2 Å². The molecule has 4 N–H and O–H groups in total. The van der Waals surface area contributed by atoms with E-state index in [1.54, 1.807) is 20.8 Å². The summed E-state index contributed by atoms with van der Waals surface area (Å²) in [6.07, 6.45) is 0.196. The van der Waals surface area contributed by atoms with Gasteiger partial charge in [-0.25, -0.2) is 0 Å². The van der Waals surface area contributed by atoms with Gasteiger partial charge in [-0.3, -0.25) is 14.4 Å². The number of hydrogen-bond donors (Lipinski definition) is 3. The summed E-state index contributed by atoms with van der Waals surface area (Å²) in [7, 11) is 0. The third-order valence-electron chi connectivity index (χ3n) is 3.25. The molecule has 0 aliphatic rings. The predicted molar refractivity (Wildman–Crippen MR) is 83.7 cm³/mol. The number of nitrogens with two attached hydrogens (primary N) is 1. The molecule has 6 nitrogen and oxygen atoms in total. The smallest absolute Gasteiger partial charge is 0.242 e. The molecular formula is C16H23N3O3. The molecule has 0 saturated heterocycles. The van der Waals surface area contributed by atoms with Gasteiger partial charge in [0.15, 0.2) is 0 Å². The normalized spacial score (nSPS) is 13.3. The molecule has 0 bridgehead atoms. The first-order valence-corrected chi connectivity index (χ1v) is 7.24. The van der Waals surface area contributed by atoms with Crippen LogP contribution in [0, 0.1) is 5.92 Å². The van der Waals surface area contributed by atoms with E-state index in [9.17, 15) is 14.4 Å². The lowest BCUT2D eigenvalue weighted by Gasteiger charge is -2.21. The molecule has 0 saturated carbocycles. The highest BCUT2D eigenvalue weighted by atomic mass is 16.2. The van der Waals surface area contributed by atoms with Gasteiger partial charge in [0, 0.05) is 0 Å². The van der Waals surface area contributed by atoms with Crippen molar-refractivity contribution in [3.63, 3.8) is 0 Å². The van der Waals surface area contributed by atoms with E-state index in [1.807, 2.05) is 30.3 Å². The van der Waals surface area contributed by atoms with Crippen LogP contribution >= 0.6 is 0 Å². The summed E-state index contributed by atoms with van der Waals surface area (Å²) < 4.78 is 0. The molecule has 2 atom stereocenters. The molecule has 22 heavy (non-hydrogen) atoms. The molecule has 0 aliphatic carbocycles. The first-order valence-electron chi connectivity index (χ1n) is 7.24. The van der Waals surface area contributed by atoms with Gasteiger partial charge < -0.3 is 16.4 Å². The van der Waals surface area contributed by atoms with Crippen molar-refractivity contribution >= 4 is 17.7 Å². The minimum atomic E-state index is -0.749. The second kappa shape index (κ2) is 8.17. The third-order valence-corrected chi connectivity index (χ3v) is 3.25. The van der Waals surface area contributed by atoms with Crippen LogP contribution in [0.3, 0.4) is 0 Å². The van der Waals surface area contributed by atoms with Gasteiger partial charge in [0.25, 0.3) is 0 Å². The van der Waals surface area contributed by atoms with Crippen LogP contribution in [0.1, 0.15) is 26.3 Å². The Kier molecular flexibility index (Phi) is 6.56. The second-order valence-electron chi connectivity index (χ2n) is 5.58. The van der Waals surface area contributed by atoms with E-state index in [-0.39, 0.29) is 18.2 Å². The number of benzene rings is 1. The minimum absolute atomic E-state index is 0.117. The topological polar surface area (TPSA) is 101 Å². The zero-order valence-corrected chi connectivity index (χ0v) is 13.1. The van der Waals surface area contributed by atoms with Gasteiger partial charge in [-0.2, -0.15) is 0 Å². The summed E-state index contributed by atoms with van der Waals surface area (Å²) in [6.45, 7) is 5.14. The molecule has 0 radical (unpaired) electrons. The molecule has 3 amide bonds. The van der Waals surface area contributed by atoms with Crippen molar-refractivity contribution in [2.24, 2.45) is 11.7 Å². The van der Waals surface area contributed by atoms with Gasteiger partial charge in [-0.05, 0) is 18.4 Å². The van der Waals surface area contributed by atoms with Gasteiger partial charge in [-0.15, -0.1) is 0 Å². The molecule has 1 rings (SSSR count). The van der Waals surface area contributed by atoms with Crippen LogP contribution in [0.2, 0.25) is 0 Å². The summed E-state index contributed by atoms with van der Waals surface area (Å²) in [5, 5.41) is 5.16. The number of hydrogen-bond acceptors (Lipinski definition) is 3. The number of carbonyl (C=O) groups is 3. The summed E-state index contributed by atoms with van der Waals surface area (Å²) in [4.78, 5) is 35.2. The van der Waals surface area contributed by atoms with Crippen molar-refractivity contribution in [1.82, 2.24) is 10.6 Å². The lowest BCUT2D eigenvalue weighted by molar-refractivity contribution is -0.131. The van der Waals surface area contributed by atoms with Crippen LogP contribution in [0.25, 0.3) is 0 Å². The Morgan fingerprint density at radius 1 is 1.05 bits per heavy atom. The standard InChI is InChI=1S/C16H23N3O3/c1-10(2)14(15(17)21)19-16(22)11(3)18-13(20)9-12-7-5-4-6-8-12/h4-8,10-11,14H,9H2,1-3H3,(H2,17,21)(H,18,20)(H,19,22)/t11-,14-/m0/s1. The maximum atomic E-state index is 12.0. The Hall–Kier alpha value is -2.37. The van der Waals surface area contributed by atoms with Gasteiger partial charge >= 0.3 is 0 Å². The van der Waals surface area contributed by atoms with E-state index in [0.29, 0.717) is 0 Å². The summed E-state index contributed by atoms with van der Waals surface area (Å²) >= 11 is 0. The number of amides is 3. The molecule has 1 aromatic rings. The molecule has 6 heteroatoms. The van der Waals surface area contributed by atoms with Crippen molar-refractivity contribution in [2.75, 3.05) is 0 Å². The van der Waals surface area contributed by atoms with Gasteiger partial charge in [0.2, 0.25) is 17.7 Å². The van der Waals surface area contributed by atoms with Crippen LogP contribution in [-0.4, -0.2) is 29.8 Å². The molecule has 120 valence electrons. The fourth-order valence-corrected chi connectivity index (χ4v) is 1.98.